The standard InChI is InChI=1S/C15H17BrINO/c16-13-8-12(17)3-4-14(13)18-15(19)7-11-6-9-1-2-10(11)5-9/h3-4,8-11H,1-2,5-7H2,(H,18,19). The summed E-state index contributed by atoms with van der Waals surface area (Å²) >= 11 is 5.77. The number of fused-ring (bicyclic) bond motifs is 2. The summed E-state index contributed by atoms with van der Waals surface area (Å²) in [4.78, 5) is 12.1. The number of carbonyl (C=O) groups is 1. The van der Waals surface area contributed by atoms with E-state index in [1.54, 1.807) is 0 Å². The van der Waals surface area contributed by atoms with Gasteiger partial charge in [0.15, 0.2) is 0 Å². The van der Waals surface area contributed by atoms with Gasteiger partial charge < -0.3 is 5.32 Å². The lowest BCUT2D eigenvalue weighted by Gasteiger charge is -2.21. The first-order valence-corrected chi connectivity index (χ1v) is 8.74. The van der Waals surface area contributed by atoms with Crippen LogP contribution in [-0.2, 0) is 4.79 Å². The molecule has 1 aromatic rings. The molecule has 19 heavy (non-hydrogen) atoms. The molecule has 1 aromatic carbocycles. The first-order valence-electron chi connectivity index (χ1n) is 6.86. The maximum absolute atomic E-state index is 12.1. The van der Waals surface area contributed by atoms with Crippen molar-refractivity contribution in [3.63, 3.8) is 0 Å². The Labute approximate surface area is 136 Å². The van der Waals surface area contributed by atoms with Crippen LogP contribution in [0.25, 0.3) is 0 Å². The second-order valence-corrected chi connectivity index (χ2v) is 7.91. The molecule has 1 amide bonds. The van der Waals surface area contributed by atoms with Gasteiger partial charge in [-0.15, -0.1) is 0 Å². The van der Waals surface area contributed by atoms with E-state index in [1.807, 2.05) is 18.2 Å². The molecule has 2 aliphatic rings. The van der Waals surface area contributed by atoms with Gasteiger partial charge in [-0.3, -0.25) is 4.79 Å². The van der Waals surface area contributed by atoms with Gasteiger partial charge in [0, 0.05) is 14.5 Å². The molecule has 0 heterocycles. The maximum atomic E-state index is 12.1. The average Bonchev–Trinajstić information content (AvgIpc) is 2.95. The molecule has 0 saturated heterocycles. The lowest BCUT2D eigenvalue weighted by Crippen LogP contribution is -2.20. The molecule has 2 nitrogen and oxygen atoms in total. The highest BCUT2D eigenvalue weighted by Gasteiger charge is 2.40. The summed E-state index contributed by atoms with van der Waals surface area (Å²) in [5.41, 5.74) is 0.883. The Morgan fingerprint density at radius 2 is 2.21 bits per heavy atom. The molecule has 0 spiro atoms. The second kappa shape index (κ2) is 5.72. The van der Waals surface area contributed by atoms with Crippen LogP contribution in [0.2, 0.25) is 0 Å². The smallest absolute Gasteiger partial charge is 0.224 e. The van der Waals surface area contributed by atoms with Gasteiger partial charge in [-0.1, -0.05) is 6.42 Å². The number of amides is 1. The zero-order valence-corrected chi connectivity index (χ0v) is 14.4. The van der Waals surface area contributed by atoms with Crippen LogP contribution in [0, 0.1) is 21.3 Å². The Balaban J connectivity index is 1.59. The zero-order chi connectivity index (χ0) is 13.4. The number of benzene rings is 1. The molecule has 2 aliphatic carbocycles. The monoisotopic (exact) mass is 433 g/mol. The van der Waals surface area contributed by atoms with Gasteiger partial charge in [-0.05, 0) is 93.7 Å². The molecular weight excluding hydrogens is 417 g/mol. The van der Waals surface area contributed by atoms with Crippen LogP contribution in [0.15, 0.2) is 22.7 Å². The molecule has 2 bridgehead atoms. The van der Waals surface area contributed by atoms with E-state index < -0.39 is 0 Å². The number of rotatable bonds is 3. The Morgan fingerprint density at radius 1 is 1.37 bits per heavy atom. The third-order valence-corrected chi connectivity index (χ3v) is 5.86. The first-order chi connectivity index (χ1) is 9.11. The molecule has 4 heteroatoms. The van der Waals surface area contributed by atoms with Crippen molar-refractivity contribution < 1.29 is 4.79 Å². The van der Waals surface area contributed by atoms with Crippen LogP contribution in [0.5, 0.6) is 0 Å². The molecule has 2 saturated carbocycles. The molecule has 3 rings (SSSR count). The summed E-state index contributed by atoms with van der Waals surface area (Å²) in [7, 11) is 0. The highest BCUT2D eigenvalue weighted by molar-refractivity contribution is 14.1. The van der Waals surface area contributed by atoms with E-state index in [-0.39, 0.29) is 5.91 Å². The number of anilines is 1. The topological polar surface area (TPSA) is 29.1 Å². The molecule has 1 N–H and O–H groups in total. The van der Waals surface area contributed by atoms with Gasteiger partial charge in [0.1, 0.15) is 0 Å². The fourth-order valence-electron chi connectivity index (χ4n) is 3.66. The number of halogens is 2. The lowest BCUT2D eigenvalue weighted by molar-refractivity contribution is -0.117. The molecule has 0 aromatic heterocycles. The highest BCUT2D eigenvalue weighted by Crippen LogP contribution is 2.49. The van der Waals surface area contributed by atoms with E-state index in [4.69, 9.17) is 0 Å². The SMILES string of the molecule is O=C(CC1CC2CCC1C2)Nc1ccc(I)cc1Br. The largest absolute Gasteiger partial charge is 0.325 e. The summed E-state index contributed by atoms with van der Waals surface area (Å²) in [6.07, 6.45) is 6.07. The van der Waals surface area contributed by atoms with Gasteiger partial charge in [-0.2, -0.15) is 0 Å². The predicted molar refractivity (Wildman–Crippen MR) is 89.0 cm³/mol. The van der Waals surface area contributed by atoms with E-state index in [1.165, 1.54) is 25.7 Å². The summed E-state index contributed by atoms with van der Waals surface area (Å²) in [6, 6.07) is 6.00. The van der Waals surface area contributed by atoms with Crippen molar-refractivity contribution in [3.05, 3.63) is 26.2 Å². The summed E-state index contributed by atoms with van der Waals surface area (Å²) in [6.45, 7) is 0. The van der Waals surface area contributed by atoms with Crippen LogP contribution in [-0.4, -0.2) is 5.91 Å². The maximum Gasteiger partial charge on any atom is 0.224 e. The third kappa shape index (κ3) is 3.15. The molecular formula is C15H17BrINO. The van der Waals surface area contributed by atoms with Crippen molar-refractivity contribution in [1.82, 2.24) is 0 Å². The van der Waals surface area contributed by atoms with Crippen molar-refractivity contribution in [3.8, 4) is 0 Å². The number of nitrogens with one attached hydrogen (secondary N) is 1. The van der Waals surface area contributed by atoms with Gasteiger partial charge in [0.05, 0.1) is 5.69 Å². The van der Waals surface area contributed by atoms with E-state index in [2.05, 4.69) is 43.8 Å². The van der Waals surface area contributed by atoms with Gasteiger partial charge in [0.25, 0.3) is 0 Å². The van der Waals surface area contributed by atoms with Crippen LogP contribution >= 0.6 is 38.5 Å². The molecule has 0 aliphatic heterocycles. The van der Waals surface area contributed by atoms with Crippen LogP contribution < -0.4 is 5.32 Å². The number of hydrogen-bond donors (Lipinski definition) is 1. The predicted octanol–water partition coefficient (Wildman–Crippen LogP) is 4.82. The normalized spacial score (nSPS) is 28.6. The third-order valence-electron chi connectivity index (χ3n) is 4.54. The molecule has 3 atom stereocenters. The quantitative estimate of drug-likeness (QED) is 0.680. The second-order valence-electron chi connectivity index (χ2n) is 5.81. The van der Waals surface area contributed by atoms with Crippen molar-refractivity contribution in [2.24, 2.45) is 17.8 Å². The highest BCUT2D eigenvalue weighted by atomic mass is 127. The van der Waals surface area contributed by atoms with Gasteiger partial charge in [0.2, 0.25) is 5.91 Å². The minimum absolute atomic E-state index is 0.166. The fraction of sp³-hybridized carbons (Fsp3) is 0.533. The summed E-state index contributed by atoms with van der Waals surface area (Å²) < 4.78 is 2.12. The molecule has 2 fully saturated rings. The lowest BCUT2D eigenvalue weighted by atomic mass is 9.86. The van der Waals surface area contributed by atoms with Crippen molar-refractivity contribution in [2.45, 2.75) is 32.1 Å². The van der Waals surface area contributed by atoms with Gasteiger partial charge in [-0.25, -0.2) is 0 Å². The Morgan fingerprint density at radius 3 is 2.84 bits per heavy atom. The Kier molecular flexibility index (Phi) is 4.17. The van der Waals surface area contributed by atoms with E-state index in [9.17, 15) is 4.79 Å². The Bertz CT molecular complexity index is 505. The minimum Gasteiger partial charge on any atom is -0.325 e. The zero-order valence-electron chi connectivity index (χ0n) is 10.7. The summed E-state index contributed by atoms with van der Waals surface area (Å²) in [5.74, 6) is 2.52. The van der Waals surface area contributed by atoms with Crippen molar-refractivity contribution in [2.75, 3.05) is 5.32 Å². The Hall–Kier alpha value is -0.100. The van der Waals surface area contributed by atoms with Crippen molar-refractivity contribution >= 4 is 50.1 Å². The average molecular weight is 434 g/mol. The van der Waals surface area contributed by atoms with Crippen LogP contribution in [0.4, 0.5) is 5.69 Å². The summed E-state index contributed by atoms with van der Waals surface area (Å²) in [5, 5.41) is 3.03. The van der Waals surface area contributed by atoms with Crippen LogP contribution in [0.3, 0.4) is 0 Å². The molecule has 102 valence electrons. The number of hydrogen-bond acceptors (Lipinski definition) is 1. The fourth-order valence-corrected chi connectivity index (χ4v) is 5.05. The van der Waals surface area contributed by atoms with E-state index >= 15 is 0 Å². The van der Waals surface area contributed by atoms with Crippen molar-refractivity contribution in [1.29, 1.82) is 0 Å². The van der Waals surface area contributed by atoms with Gasteiger partial charge >= 0.3 is 0 Å². The first kappa shape index (κ1) is 13.9. The van der Waals surface area contributed by atoms with E-state index in [0.717, 1.165) is 25.6 Å². The van der Waals surface area contributed by atoms with E-state index in [0.29, 0.717) is 12.3 Å². The molecule has 3 unspecified atom stereocenters. The minimum atomic E-state index is 0.166. The molecule has 0 radical (unpaired) electrons. The van der Waals surface area contributed by atoms with Crippen LogP contribution in [0.1, 0.15) is 32.1 Å². The number of carbonyl (C=O) groups excluding carboxylic acids is 1.